The summed E-state index contributed by atoms with van der Waals surface area (Å²) in [4.78, 5) is 12.4. The number of para-hydroxylation sites is 2. The largest absolute Gasteiger partial charge is 0.485 e. The van der Waals surface area contributed by atoms with Gasteiger partial charge in [0, 0.05) is 6.42 Å². The first kappa shape index (κ1) is 13.7. The van der Waals surface area contributed by atoms with E-state index < -0.39 is 6.10 Å². The number of carbonyl (C=O) groups is 1. The lowest BCUT2D eigenvalue weighted by Crippen LogP contribution is -2.37. The number of Topliss-reactive ketones (excluding diaryl/α,β-unsaturated/α-hetero) is 1. The third kappa shape index (κ3) is 3.07. The van der Waals surface area contributed by atoms with Crippen molar-refractivity contribution in [1.29, 1.82) is 0 Å². The van der Waals surface area contributed by atoms with Gasteiger partial charge in [-0.25, -0.2) is 0 Å². The fraction of sp³-hybridized carbons (Fsp3) is 0.278. The lowest BCUT2D eigenvalue weighted by molar-refractivity contribution is -0.127. The monoisotopic (exact) mass is 282 g/mol. The highest BCUT2D eigenvalue weighted by Crippen LogP contribution is 2.31. The minimum Gasteiger partial charge on any atom is -0.485 e. The maximum Gasteiger partial charge on any atom is 0.191 e. The molecule has 0 saturated heterocycles. The predicted octanol–water partition coefficient (Wildman–Crippen LogP) is 3.26. The Morgan fingerprint density at radius 2 is 1.76 bits per heavy atom. The molecule has 0 N–H and O–H groups in total. The van der Waals surface area contributed by atoms with Crippen LogP contribution in [0, 0.1) is 13.8 Å². The van der Waals surface area contributed by atoms with Crippen LogP contribution in [0.15, 0.2) is 42.5 Å². The number of ketones is 1. The molecule has 1 unspecified atom stereocenters. The van der Waals surface area contributed by atoms with E-state index in [1.54, 1.807) is 0 Å². The second-order valence-electron chi connectivity index (χ2n) is 5.50. The molecule has 3 nitrogen and oxygen atoms in total. The summed E-state index contributed by atoms with van der Waals surface area (Å²) in [6, 6.07) is 13.6. The summed E-state index contributed by atoms with van der Waals surface area (Å²) in [6.07, 6.45) is -0.153. The van der Waals surface area contributed by atoms with Gasteiger partial charge in [-0.05, 0) is 31.5 Å². The Balaban J connectivity index is 1.72. The third-order valence-electron chi connectivity index (χ3n) is 3.53. The Morgan fingerprint density at radius 1 is 1.10 bits per heavy atom. The van der Waals surface area contributed by atoms with Crippen LogP contribution in [0.5, 0.6) is 11.5 Å². The number of fused-ring (bicyclic) bond motifs is 1. The van der Waals surface area contributed by atoms with Gasteiger partial charge in [0.25, 0.3) is 0 Å². The predicted molar refractivity (Wildman–Crippen MR) is 81.0 cm³/mol. The maximum atomic E-state index is 12.4. The number of carbonyl (C=O) groups excluding carboxylic acids is 1. The van der Waals surface area contributed by atoms with Crippen LogP contribution < -0.4 is 9.47 Å². The fourth-order valence-corrected chi connectivity index (χ4v) is 2.66. The Labute approximate surface area is 124 Å². The highest BCUT2D eigenvalue weighted by Gasteiger charge is 2.27. The normalized spacial score (nSPS) is 16.6. The van der Waals surface area contributed by atoms with Crippen molar-refractivity contribution in [2.45, 2.75) is 26.4 Å². The topological polar surface area (TPSA) is 35.5 Å². The quantitative estimate of drug-likeness (QED) is 0.867. The molecule has 0 saturated carbocycles. The van der Waals surface area contributed by atoms with E-state index >= 15 is 0 Å². The van der Waals surface area contributed by atoms with Gasteiger partial charge in [-0.1, -0.05) is 41.5 Å². The van der Waals surface area contributed by atoms with Crippen molar-refractivity contribution in [2.75, 3.05) is 6.61 Å². The molecule has 0 aromatic heterocycles. The average molecular weight is 282 g/mol. The van der Waals surface area contributed by atoms with Crippen LogP contribution in [0.1, 0.15) is 16.7 Å². The van der Waals surface area contributed by atoms with E-state index in [0.717, 1.165) is 5.56 Å². The molecule has 0 radical (unpaired) electrons. The van der Waals surface area contributed by atoms with E-state index in [0.29, 0.717) is 17.9 Å². The van der Waals surface area contributed by atoms with E-state index in [1.165, 1.54) is 11.1 Å². The molecule has 1 aliphatic heterocycles. The van der Waals surface area contributed by atoms with E-state index in [1.807, 2.05) is 50.2 Å². The smallest absolute Gasteiger partial charge is 0.191 e. The van der Waals surface area contributed by atoms with Gasteiger partial charge in [0.1, 0.15) is 6.61 Å². The van der Waals surface area contributed by atoms with Crippen LogP contribution in [-0.4, -0.2) is 18.5 Å². The Kier molecular flexibility index (Phi) is 3.65. The van der Waals surface area contributed by atoms with Crippen molar-refractivity contribution >= 4 is 5.78 Å². The zero-order valence-electron chi connectivity index (χ0n) is 12.3. The molecule has 0 amide bonds. The Morgan fingerprint density at radius 3 is 2.48 bits per heavy atom. The second kappa shape index (κ2) is 5.60. The number of hydrogen-bond donors (Lipinski definition) is 0. The highest BCUT2D eigenvalue weighted by molar-refractivity contribution is 5.86. The molecule has 1 heterocycles. The molecule has 0 spiro atoms. The van der Waals surface area contributed by atoms with Crippen LogP contribution in [-0.2, 0) is 11.2 Å². The molecule has 1 aliphatic rings. The first-order valence-corrected chi connectivity index (χ1v) is 7.10. The lowest BCUT2D eigenvalue weighted by Gasteiger charge is -2.25. The molecular formula is C18H18O3. The lowest BCUT2D eigenvalue weighted by atomic mass is 10.0. The molecule has 2 aromatic rings. The minimum absolute atomic E-state index is 0.0505. The standard InChI is InChI=1S/C18H18O3/c1-12-7-13(2)9-14(8-12)10-15(19)18-11-20-16-5-3-4-6-17(16)21-18/h3-9,18H,10-11H2,1-2H3. The Bertz CT molecular complexity index is 656. The third-order valence-corrected chi connectivity index (χ3v) is 3.53. The number of rotatable bonds is 3. The van der Waals surface area contributed by atoms with Gasteiger partial charge in [0.2, 0.25) is 0 Å². The van der Waals surface area contributed by atoms with E-state index in [2.05, 4.69) is 6.07 Å². The van der Waals surface area contributed by atoms with Crippen molar-refractivity contribution in [3.05, 3.63) is 59.2 Å². The van der Waals surface area contributed by atoms with Crippen molar-refractivity contribution in [2.24, 2.45) is 0 Å². The van der Waals surface area contributed by atoms with Crippen LogP contribution in [0.4, 0.5) is 0 Å². The average Bonchev–Trinajstić information content (AvgIpc) is 2.45. The fourth-order valence-electron chi connectivity index (χ4n) is 2.66. The molecule has 3 heteroatoms. The maximum absolute atomic E-state index is 12.4. The molecule has 0 aliphatic carbocycles. The summed E-state index contributed by atoms with van der Waals surface area (Å²) in [5, 5.41) is 0. The summed E-state index contributed by atoms with van der Waals surface area (Å²) in [6.45, 7) is 4.36. The summed E-state index contributed by atoms with van der Waals surface area (Å²) in [5.74, 6) is 1.39. The van der Waals surface area contributed by atoms with Gasteiger partial charge >= 0.3 is 0 Å². The molecule has 3 rings (SSSR count). The number of benzene rings is 2. The van der Waals surface area contributed by atoms with E-state index in [9.17, 15) is 4.79 Å². The van der Waals surface area contributed by atoms with Gasteiger partial charge in [-0.15, -0.1) is 0 Å². The van der Waals surface area contributed by atoms with Crippen LogP contribution in [0.3, 0.4) is 0 Å². The number of aryl methyl sites for hydroxylation is 2. The molecule has 0 fully saturated rings. The molecule has 0 bridgehead atoms. The zero-order valence-corrected chi connectivity index (χ0v) is 12.3. The SMILES string of the molecule is Cc1cc(C)cc(CC(=O)C2COc3ccccc3O2)c1. The van der Waals surface area contributed by atoms with Crippen molar-refractivity contribution in [3.8, 4) is 11.5 Å². The molecule has 2 aromatic carbocycles. The second-order valence-corrected chi connectivity index (χ2v) is 5.50. The molecule has 1 atom stereocenters. The number of ether oxygens (including phenoxy) is 2. The first-order chi connectivity index (χ1) is 10.1. The van der Waals surface area contributed by atoms with Gasteiger partial charge in [-0.3, -0.25) is 4.79 Å². The molecule has 21 heavy (non-hydrogen) atoms. The van der Waals surface area contributed by atoms with Gasteiger partial charge in [-0.2, -0.15) is 0 Å². The van der Waals surface area contributed by atoms with Crippen LogP contribution in [0.2, 0.25) is 0 Å². The van der Waals surface area contributed by atoms with E-state index in [-0.39, 0.29) is 12.4 Å². The molecule has 108 valence electrons. The summed E-state index contributed by atoms with van der Waals surface area (Å²) in [7, 11) is 0. The van der Waals surface area contributed by atoms with Crippen LogP contribution >= 0.6 is 0 Å². The zero-order chi connectivity index (χ0) is 14.8. The number of hydrogen-bond acceptors (Lipinski definition) is 3. The van der Waals surface area contributed by atoms with Crippen molar-refractivity contribution in [1.82, 2.24) is 0 Å². The van der Waals surface area contributed by atoms with E-state index in [4.69, 9.17) is 9.47 Å². The van der Waals surface area contributed by atoms with Gasteiger partial charge in [0.15, 0.2) is 23.4 Å². The summed E-state index contributed by atoms with van der Waals surface area (Å²) < 4.78 is 11.3. The van der Waals surface area contributed by atoms with Crippen molar-refractivity contribution < 1.29 is 14.3 Å². The summed E-state index contributed by atoms with van der Waals surface area (Å²) >= 11 is 0. The first-order valence-electron chi connectivity index (χ1n) is 7.10. The Hall–Kier alpha value is -2.29. The van der Waals surface area contributed by atoms with Gasteiger partial charge < -0.3 is 9.47 Å². The van der Waals surface area contributed by atoms with Crippen LogP contribution in [0.25, 0.3) is 0 Å². The molecular weight excluding hydrogens is 264 g/mol. The van der Waals surface area contributed by atoms with Crippen molar-refractivity contribution in [3.63, 3.8) is 0 Å². The minimum atomic E-state index is -0.527. The van der Waals surface area contributed by atoms with Gasteiger partial charge in [0.05, 0.1) is 0 Å². The summed E-state index contributed by atoms with van der Waals surface area (Å²) in [5.41, 5.74) is 3.37. The highest BCUT2D eigenvalue weighted by atomic mass is 16.6.